The first kappa shape index (κ1) is 17.2. The maximum Gasteiger partial charge on any atom is 0.255 e. The number of rotatable bonds is 4. The van der Waals surface area contributed by atoms with E-state index in [0.29, 0.717) is 30.2 Å². The average Bonchev–Trinajstić information content (AvgIpc) is 2.68. The summed E-state index contributed by atoms with van der Waals surface area (Å²) in [5, 5.41) is 0. The Hall–Kier alpha value is -2.60. The zero-order valence-electron chi connectivity index (χ0n) is 14.8. The summed E-state index contributed by atoms with van der Waals surface area (Å²) in [5.41, 5.74) is 1.72. The number of piperazine rings is 1. The molecule has 0 spiro atoms. The van der Waals surface area contributed by atoms with E-state index in [4.69, 9.17) is 9.47 Å². The number of carbonyl (C=O) groups excluding carboxylic acids is 1. The molecule has 2 aromatic rings. The molecule has 1 saturated heterocycles. The number of nitrogens with zero attached hydrogens (tertiary/aromatic N) is 3. The van der Waals surface area contributed by atoms with E-state index in [1.54, 1.807) is 38.7 Å². The van der Waals surface area contributed by atoms with Crippen LogP contribution in [0.25, 0.3) is 0 Å². The summed E-state index contributed by atoms with van der Waals surface area (Å²) < 4.78 is 10.7. The van der Waals surface area contributed by atoms with E-state index in [2.05, 4.69) is 16.9 Å². The van der Waals surface area contributed by atoms with E-state index >= 15 is 0 Å². The first-order valence-corrected chi connectivity index (χ1v) is 8.25. The highest BCUT2D eigenvalue weighted by Crippen LogP contribution is 2.33. The molecule has 1 unspecified atom stereocenters. The normalized spacial score (nSPS) is 18.0. The third-order valence-electron chi connectivity index (χ3n) is 4.64. The Labute approximate surface area is 148 Å². The highest BCUT2D eigenvalue weighted by molar-refractivity contribution is 5.94. The Kier molecular flexibility index (Phi) is 5.19. The maximum atomic E-state index is 12.7. The number of likely N-dealkylation sites (N-methyl/N-ethyl adjacent to an activating group) is 1. The van der Waals surface area contributed by atoms with Gasteiger partial charge < -0.3 is 14.4 Å². The van der Waals surface area contributed by atoms with Gasteiger partial charge in [-0.2, -0.15) is 0 Å². The zero-order valence-corrected chi connectivity index (χ0v) is 14.8. The minimum atomic E-state index is 0.0201. The fourth-order valence-electron chi connectivity index (χ4n) is 3.15. The lowest BCUT2D eigenvalue weighted by molar-refractivity contribution is 0.0545. The fraction of sp³-hybridized carbons (Fsp3) is 0.368. The molecule has 3 rings (SSSR count). The Morgan fingerprint density at radius 1 is 1.16 bits per heavy atom. The minimum Gasteiger partial charge on any atom is -0.493 e. The standard InChI is InChI=1S/C19H23N3O3/c1-21-9-10-22(19(23)15-5-4-8-20-12-15)13-16(21)14-6-7-17(24-2)18(11-14)25-3/h4-8,11-12,16H,9-10,13H2,1-3H3. The van der Waals surface area contributed by atoms with Crippen LogP contribution in [-0.2, 0) is 0 Å². The molecule has 6 heteroatoms. The second-order valence-corrected chi connectivity index (χ2v) is 6.10. The second kappa shape index (κ2) is 7.53. The molecule has 0 bridgehead atoms. The number of aromatic nitrogens is 1. The van der Waals surface area contributed by atoms with Crippen LogP contribution >= 0.6 is 0 Å². The van der Waals surface area contributed by atoms with Crippen molar-refractivity contribution < 1.29 is 14.3 Å². The largest absolute Gasteiger partial charge is 0.493 e. The molecule has 0 N–H and O–H groups in total. The SMILES string of the molecule is COc1ccc(C2CN(C(=O)c3cccnc3)CCN2C)cc1OC. The predicted molar refractivity (Wildman–Crippen MR) is 95.1 cm³/mol. The van der Waals surface area contributed by atoms with Crippen molar-refractivity contribution in [3.8, 4) is 11.5 Å². The summed E-state index contributed by atoms with van der Waals surface area (Å²) in [6.07, 6.45) is 3.29. The van der Waals surface area contributed by atoms with Gasteiger partial charge in [-0.05, 0) is 36.9 Å². The van der Waals surface area contributed by atoms with Gasteiger partial charge in [-0.15, -0.1) is 0 Å². The molecule has 0 saturated carbocycles. The van der Waals surface area contributed by atoms with Gasteiger partial charge in [-0.25, -0.2) is 0 Å². The quantitative estimate of drug-likeness (QED) is 0.854. The summed E-state index contributed by atoms with van der Waals surface area (Å²) in [5.74, 6) is 1.42. The van der Waals surface area contributed by atoms with Gasteiger partial charge in [0.2, 0.25) is 0 Å². The lowest BCUT2D eigenvalue weighted by Gasteiger charge is -2.39. The lowest BCUT2D eigenvalue weighted by Crippen LogP contribution is -2.49. The number of benzene rings is 1. The molecule has 132 valence electrons. The fourth-order valence-corrected chi connectivity index (χ4v) is 3.15. The molecule has 2 heterocycles. The Morgan fingerprint density at radius 2 is 1.96 bits per heavy atom. The van der Waals surface area contributed by atoms with Crippen LogP contribution in [0.2, 0.25) is 0 Å². The summed E-state index contributed by atoms with van der Waals surface area (Å²) in [6.45, 7) is 2.14. The molecule has 0 radical (unpaired) electrons. The van der Waals surface area contributed by atoms with E-state index in [-0.39, 0.29) is 11.9 Å². The molecular weight excluding hydrogens is 318 g/mol. The smallest absolute Gasteiger partial charge is 0.255 e. The first-order valence-electron chi connectivity index (χ1n) is 8.25. The van der Waals surface area contributed by atoms with Crippen molar-refractivity contribution in [3.05, 3.63) is 53.9 Å². The molecule has 25 heavy (non-hydrogen) atoms. The van der Waals surface area contributed by atoms with Crippen LogP contribution < -0.4 is 9.47 Å². The van der Waals surface area contributed by atoms with Gasteiger partial charge >= 0.3 is 0 Å². The van der Waals surface area contributed by atoms with Gasteiger partial charge in [0.25, 0.3) is 5.91 Å². The molecule has 1 aliphatic heterocycles. The van der Waals surface area contributed by atoms with E-state index < -0.39 is 0 Å². The summed E-state index contributed by atoms with van der Waals surface area (Å²) in [6, 6.07) is 9.62. The van der Waals surface area contributed by atoms with Gasteiger partial charge in [0.05, 0.1) is 25.8 Å². The minimum absolute atomic E-state index is 0.0201. The van der Waals surface area contributed by atoms with Gasteiger partial charge in [0, 0.05) is 32.0 Å². The second-order valence-electron chi connectivity index (χ2n) is 6.10. The molecule has 1 atom stereocenters. The van der Waals surface area contributed by atoms with Crippen molar-refractivity contribution in [1.82, 2.24) is 14.8 Å². The Balaban J connectivity index is 1.82. The predicted octanol–water partition coefficient (Wildman–Crippen LogP) is 2.23. The average molecular weight is 341 g/mol. The molecular formula is C19H23N3O3. The van der Waals surface area contributed by atoms with Crippen molar-refractivity contribution in [1.29, 1.82) is 0 Å². The summed E-state index contributed by atoms with van der Waals surface area (Å²) >= 11 is 0. The van der Waals surface area contributed by atoms with Crippen molar-refractivity contribution in [2.24, 2.45) is 0 Å². The molecule has 1 aliphatic rings. The van der Waals surface area contributed by atoms with Gasteiger partial charge in [-0.3, -0.25) is 14.7 Å². The van der Waals surface area contributed by atoms with E-state index in [1.807, 2.05) is 23.1 Å². The van der Waals surface area contributed by atoms with Crippen molar-refractivity contribution >= 4 is 5.91 Å². The Bertz CT molecular complexity index is 736. The van der Waals surface area contributed by atoms with E-state index in [9.17, 15) is 4.79 Å². The maximum absolute atomic E-state index is 12.7. The van der Waals surface area contributed by atoms with Crippen LogP contribution in [-0.4, -0.2) is 61.6 Å². The zero-order chi connectivity index (χ0) is 17.8. The van der Waals surface area contributed by atoms with Gasteiger partial charge in [0.15, 0.2) is 11.5 Å². The van der Waals surface area contributed by atoms with Gasteiger partial charge in [-0.1, -0.05) is 6.07 Å². The molecule has 1 aromatic heterocycles. The Morgan fingerprint density at radius 3 is 2.64 bits per heavy atom. The van der Waals surface area contributed by atoms with Crippen LogP contribution in [0.4, 0.5) is 0 Å². The number of amides is 1. The van der Waals surface area contributed by atoms with Crippen LogP contribution in [0.3, 0.4) is 0 Å². The molecule has 1 fully saturated rings. The number of pyridine rings is 1. The molecule has 1 aromatic carbocycles. The van der Waals surface area contributed by atoms with E-state index in [0.717, 1.165) is 12.1 Å². The number of carbonyl (C=O) groups is 1. The highest BCUT2D eigenvalue weighted by Gasteiger charge is 2.29. The van der Waals surface area contributed by atoms with Gasteiger partial charge in [0.1, 0.15) is 0 Å². The lowest BCUT2D eigenvalue weighted by atomic mass is 10.0. The number of ether oxygens (including phenoxy) is 2. The monoisotopic (exact) mass is 341 g/mol. The highest BCUT2D eigenvalue weighted by atomic mass is 16.5. The number of hydrogen-bond acceptors (Lipinski definition) is 5. The number of methoxy groups -OCH3 is 2. The van der Waals surface area contributed by atoms with Crippen LogP contribution in [0.15, 0.2) is 42.7 Å². The summed E-state index contributed by atoms with van der Waals surface area (Å²) in [7, 11) is 5.33. The third kappa shape index (κ3) is 3.58. The van der Waals surface area contributed by atoms with Crippen LogP contribution in [0, 0.1) is 0 Å². The van der Waals surface area contributed by atoms with E-state index in [1.165, 1.54) is 0 Å². The molecule has 6 nitrogen and oxygen atoms in total. The first-order chi connectivity index (χ1) is 12.1. The number of hydrogen-bond donors (Lipinski definition) is 0. The third-order valence-corrected chi connectivity index (χ3v) is 4.64. The van der Waals surface area contributed by atoms with Crippen LogP contribution in [0.1, 0.15) is 22.0 Å². The molecule has 1 amide bonds. The van der Waals surface area contributed by atoms with Crippen LogP contribution in [0.5, 0.6) is 11.5 Å². The van der Waals surface area contributed by atoms with Crippen molar-refractivity contribution in [2.75, 3.05) is 40.9 Å². The summed E-state index contributed by atoms with van der Waals surface area (Å²) in [4.78, 5) is 20.9. The topological polar surface area (TPSA) is 54.9 Å². The molecule has 0 aliphatic carbocycles. The van der Waals surface area contributed by atoms with Crippen molar-refractivity contribution in [3.63, 3.8) is 0 Å². The van der Waals surface area contributed by atoms with Crippen molar-refractivity contribution in [2.45, 2.75) is 6.04 Å².